The molecule has 0 saturated carbocycles. The van der Waals surface area contributed by atoms with Gasteiger partial charge in [0.05, 0.1) is 12.0 Å². The number of thiophene rings is 1. The first-order valence-electron chi connectivity index (χ1n) is 8.55. The monoisotopic (exact) mass is 376 g/mol. The van der Waals surface area contributed by atoms with Gasteiger partial charge in [0.25, 0.3) is 5.91 Å². The second-order valence-corrected chi connectivity index (χ2v) is 7.67. The lowest BCUT2D eigenvalue weighted by molar-refractivity contribution is -0.115. The highest BCUT2D eigenvalue weighted by molar-refractivity contribution is 7.17. The van der Waals surface area contributed by atoms with E-state index >= 15 is 0 Å². The number of rotatable bonds is 5. The topological polar surface area (TPSA) is 58.2 Å². The van der Waals surface area contributed by atoms with Crippen LogP contribution in [0.3, 0.4) is 0 Å². The number of hydrogen-bond acceptors (Lipinski definition) is 3. The molecule has 2 N–H and O–H groups in total. The van der Waals surface area contributed by atoms with Crippen molar-refractivity contribution in [1.29, 1.82) is 0 Å². The summed E-state index contributed by atoms with van der Waals surface area (Å²) in [7, 11) is 0. The Balaban J connectivity index is 1.81. The molecule has 0 atom stereocenters. The Morgan fingerprint density at radius 1 is 1.16 bits per heavy atom. The maximum atomic E-state index is 12.5. The number of fused-ring (bicyclic) bond motifs is 1. The van der Waals surface area contributed by atoms with Crippen LogP contribution in [0.4, 0.5) is 5.00 Å². The Labute approximate surface area is 156 Å². The lowest BCUT2D eigenvalue weighted by Crippen LogP contribution is -2.25. The van der Waals surface area contributed by atoms with Gasteiger partial charge in [-0.25, -0.2) is 0 Å². The zero-order valence-corrected chi connectivity index (χ0v) is 15.7. The molecule has 6 heteroatoms. The van der Waals surface area contributed by atoms with Gasteiger partial charge in [-0.3, -0.25) is 9.59 Å². The zero-order valence-electron chi connectivity index (χ0n) is 14.2. The van der Waals surface area contributed by atoms with Crippen LogP contribution < -0.4 is 10.6 Å². The summed E-state index contributed by atoms with van der Waals surface area (Å²) in [6.45, 7) is 2.47. The fourth-order valence-corrected chi connectivity index (χ4v) is 4.53. The summed E-state index contributed by atoms with van der Waals surface area (Å²) in [6.07, 6.45) is 4.38. The number of halogens is 1. The van der Waals surface area contributed by atoms with Crippen LogP contribution in [-0.2, 0) is 24.1 Å². The van der Waals surface area contributed by atoms with E-state index in [2.05, 4.69) is 10.6 Å². The van der Waals surface area contributed by atoms with Crippen molar-refractivity contribution in [3.63, 3.8) is 0 Å². The second-order valence-electron chi connectivity index (χ2n) is 6.13. The molecular weight excluding hydrogens is 356 g/mol. The molecule has 1 aromatic carbocycles. The molecule has 0 bridgehead atoms. The Morgan fingerprint density at radius 3 is 2.60 bits per heavy atom. The maximum absolute atomic E-state index is 12.5. The van der Waals surface area contributed by atoms with Gasteiger partial charge in [0.2, 0.25) is 5.91 Å². The Hall–Kier alpha value is -1.85. The molecule has 0 fully saturated rings. The van der Waals surface area contributed by atoms with Crippen LogP contribution in [0.15, 0.2) is 24.3 Å². The van der Waals surface area contributed by atoms with E-state index in [1.54, 1.807) is 23.5 Å². The highest BCUT2D eigenvalue weighted by Gasteiger charge is 2.26. The van der Waals surface area contributed by atoms with E-state index in [0.29, 0.717) is 22.1 Å². The largest absolute Gasteiger partial charge is 0.352 e. The lowest BCUT2D eigenvalue weighted by Gasteiger charge is -2.12. The van der Waals surface area contributed by atoms with Crippen LogP contribution in [0.2, 0.25) is 5.02 Å². The van der Waals surface area contributed by atoms with Gasteiger partial charge in [-0.15, -0.1) is 11.3 Å². The molecule has 1 aromatic heterocycles. The van der Waals surface area contributed by atoms with Crippen molar-refractivity contribution < 1.29 is 9.59 Å². The van der Waals surface area contributed by atoms with Crippen LogP contribution in [0, 0.1) is 0 Å². The van der Waals surface area contributed by atoms with E-state index in [-0.39, 0.29) is 18.2 Å². The highest BCUT2D eigenvalue weighted by atomic mass is 35.5. The zero-order chi connectivity index (χ0) is 17.8. The average Bonchev–Trinajstić information content (AvgIpc) is 2.95. The van der Waals surface area contributed by atoms with Gasteiger partial charge in [-0.05, 0) is 55.9 Å². The van der Waals surface area contributed by atoms with E-state index in [4.69, 9.17) is 11.6 Å². The predicted octanol–water partition coefficient (Wildman–Crippen LogP) is 4.21. The quantitative estimate of drug-likeness (QED) is 0.821. The standard InChI is InChI=1S/C19H21ClN2O2S/c1-2-21-18(24)17-14-5-3-4-6-15(14)25-19(17)22-16(23)11-12-7-9-13(20)10-8-12/h7-10H,2-6,11H2,1H3,(H,21,24)(H,22,23). The number of hydrogen-bond donors (Lipinski definition) is 2. The fourth-order valence-electron chi connectivity index (χ4n) is 3.10. The van der Waals surface area contributed by atoms with Crippen molar-refractivity contribution in [2.45, 2.75) is 39.0 Å². The van der Waals surface area contributed by atoms with Gasteiger partial charge in [-0.2, -0.15) is 0 Å². The number of carbonyl (C=O) groups is 2. The SMILES string of the molecule is CCNC(=O)c1c(NC(=O)Cc2ccc(Cl)cc2)sc2c1CCCC2. The number of aryl methyl sites for hydroxylation is 1. The predicted molar refractivity (Wildman–Crippen MR) is 103 cm³/mol. The van der Waals surface area contributed by atoms with Crippen molar-refractivity contribution in [2.24, 2.45) is 0 Å². The molecule has 1 aliphatic rings. The molecule has 0 radical (unpaired) electrons. The molecule has 2 amide bonds. The third kappa shape index (κ3) is 4.22. The number of nitrogens with one attached hydrogen (secondary N) is 2. The summed E-state index contributed by atoms with van der Waals surface area (Å²) in [6, 6.07) is 7.22. The van der Waals surface area contributed by atoms with Crippen molar-refractivity contribution in [2.75, 3.05) is 11.9 Å². The molecule has 3 rings (SSSR count). The first-order chi connectivity index (χ1) is 12.1. The first kappa shape index (κ1) is 18.0. The summed E-state index contributed by atoms with van der Waals surface area (Å²) in [5.41, 5.74) is 2.66. The molecule has 25 heavy (non-hydrogen) atoms. The van der Waals surface area contributed by atoms with E-state index in [0.717, 1.165) is 36.8 Å². The first-order valence-corrected chi connectivity index (χ1v) is 9.75. The Morgan fingerprint density at radius 2 is 1.88 bits per heavy atom. The van der Waals surface area contributed by atoms with Gasteiger partial charge in [0.1, 0.15) is 5.00 Å². The van der Waals surface area contributed by atoms with E-state index in [1.165, 1.54) is 4.88 Å². The molecule has 4 nitrogen and oxygen atoms in total. The summed E-state index contributed by atoms with van der Waals surface area (Å²) < 4.78 is 0. The van der Waals surface area contributed by atoms with E-state index in [9.17, 15) is 9.59 Å². The van der Waals surface area contributed by atoms with Crippen molar-refractivity contribution >= 4 is 39.8 Å². The van der Waals surface area contributed by atoms with Crippen LogP contribution in [0.1, 0.15) is 46.1 Å². The van der Waals surface area contributed by atoms with Gasteiger partial charge >= 0.3 is 0 Å². The molecule has 0 unspecified atom stereocenters. The van der Waals surface area contributed by atoms with Gasteiger partial charge in [0, 0.05) is 16.4 Å². The molecule has 0 saturated heterocycles. The average molecular weight is 377 g/mol. The third-order valence-electron chi connectivity index (χ3n) is 4.27. The minimum atomic E-state index is -0.119. The highest BCUT2D eigenvalue weighted by Crippen LogP contribution is 2.38. The lowest BCUT2D eigenvalue weighted by atomic mass is 9.95. The van der Waals surface area contributed by atoms with Crippen LogP contribution in [0.25, 0.3) is 0 Å². The molecule has 2 aromatic rings. The molecule has 1 aliphatic carbocycles. The summed E-state index contributed by atoms with van der Waals surface area (Å²) in [4.78, 5) is 26.2. The number of anilines is 1. The van der Waals surface area contributed by atoms with Gasteiger partial charge in [0.15, 0.2) is 0 Å². The van der Waals surface area contributed by atoms with Gasteiger partial charge in [-0.1, -0.05) is 23.7 Å². The maximum Gasteiger partial charge on any atom is 0.254 e. The summed E-state index contributed by atoms with van der Waals surface area (Å²) >= 11 is 7.42. The fraction of sp³-hybridized carbons (Fsp3) is 0.368. The molecule has 132 valence electrons. The van der Waals surface area contributed by atoms with Crippen LogP contribution in [0.5, 0.6) is 0 Å². The second kappa shape index (κ2) is 8.02. The van der Waals surface area contributed by atoms with E-state index in [1.807, 2.05) is 19.1 Å². The minimum absolute atomic E-state index is 0.0938. The van der Waals surface area contributed by atoms with Crippen LogP contribution in [-0.4, -0.2) is 18.4 Å². The van der Waals surface area contributed by atoms with Crippen LogP contribution >= 0.6 is 22.9 Å². The number of benzene rings is 1. The Kier molecular flexibility index (Phi) is 5.76. The summed E-state index contributed by atoms with van der Waals surface area (Å²) in [5, 5.41) is 7.15. The number of carbonyl (C=O) groups excluding carboxylic acids is 2. The molecule has 0 spiro atoms. The Bertz CT molecular complexity index is 783. The van der Waals surface area contributed by atoms with Gasteiger partial charge < -0.3 is 10.6 Å². The third-order valence-corrected chi connectivity index (χ3v) is 5.73. The molecule has 1 heterocycles. The smallest absolute Gasteiger partial charge is 0.254 e. The van der Waals surface area contributed by atoms with Crippen molar-refractivity contribution in [3.8, 4) is 0 Å². The van der Waals surface area contributed by atoms with Crippen molar-refractivity contribution in [3.05, 3.63) is 50.9 Å². The number of amides is 2. The molecular formula is C19H21ClN2O2S. The van der Waals surface area contributed by atoms with E-state index < -0.39 is 0 Å². The summed E-state index contributed by atoms with van der Waals surface area (Å²) in [5.74, 6) is -0.213. The van der Waals surface area contributed by atoms with Crippen molar-refractivity contribution in [1.82, 2.24) is 5.32 Å². The minimum Gasteiger partial charge on any atom is -0.352 e. The normalized spacial score (nSPS) is 13.2. The molecule has 0 aliphatic heterocycles.